The van der Waals surface area contributed by atoms with Crippen molar-refractivity contribution < 1.29 is 9.13 Å². The lowest BCUT2D eigenvalue weighted by molar-refractivity contribution is 0.279. The van der Waals surface area contributed by atoms with Crippen molar-refractivity contribution >= 4 is 5.82 Å². The summed E-state index contributed by atoms with van der Waals surface area (Å²) in [5.74, 6) is -0.854. The lowest BCUT2D eigenvalue weighted by Gasteiger charge is -2.07. The number of hydrogen-bond donors (Lipinski definition) is 1. The fourth-order valence-corrected chi connectivity index (χ4v) is 1.35. The minimum absolute atomic E-state index is 0.0761. The number of nitrogens with zero attached hydrogens (tertiary/aromatic N) is 2. The Labute approximate surface area is 98.3 Å². The zero-order valence-electron chi connectivity index (χ0n) is 9.35. The average molecular weight is 233 g/mol. The van der Waals surface area contributed by atoms with Crippen LogP contribution in [0.2, 0.25) is 0 Å². The Kier molecular flexibility index (Phi) is 3.18. The van der Waals surface area contributed by atoms with E-state index in [0.717, 1.165) is 17.3 Å². The molecule has 0 amide bonds. The summed E-state index contributed by atoms with van der Waals surface area (Å²) in [6.07, 6.45) is 0.996. The molecule has 0 unspecified atom stereocenters. The van der Waals surface area contributed by atoms with Crippen LogP contribution in [-0.2, 0) is 6.61 Å². The largest absolute Gasteiger partial charge is 0.459 e. The van der Waals surface area contributed by atoms with Gasteiger partial charge in [0.2, 0.25) is 0 Å². The number of benzene rings is 1. The van der Waals surface area contributed by atoms with Gasteiger partial charge in [-0.15, -0.1) is 0 Å². The number of aromatic nitrogens is 2. The highest BCUT2D eigenvalue weighted by atomic mass is 19.1. The summed E-state index contributed by atoms with van der Waals surface area (Å²) in [5, 5.41) is 0. The standard InChI is InChI=1S/C12H12FN3O/c1-8-4-2-3-5-9(8)7-17-12-15-6-10(13)11(14)16-12/h2-6H,7H2,1H3,(H2,14,15,16). The van der Waals surface area contributed by atoms with Gasteiger partial charge < -0.3 is 10.5 Å². The lowest BCUT2D eigenvalue weighted by atomic mass is 10.1. The Morgan fingerprint density at radius 1 is 1.35 bits per heavy atom. The number of nitrogens with two attached hydrogens (primary N) is 1. The maximum atomic E-state index is 12.8. The van der Waals surface area contributed by atoms with Crippen molar-refractivity contribution in [2.45, 2.75) is 13.5 Å². The summed E-state index contributed by atoms with van der Waals surface area (Å²) in [5.41, 5.74) is 7.45. The van der Waals surface area contributed by atoms with E-state index in [1.54, 1.807) is 0 Å². The molecule has 0 fully saturated rings. The third kappa shape index (κ3) is 2.69. The molecular weight excluding hydrogens is 221 g/mol. The third-order valence-electron chi connectivity index (χ3n) is 2.37. The maximum Gasteiger partial charge on any atom is 0.318 e. The van der Waals surface area contributed by atoms with Gasteiger partial charge in [0.1, 0.15) is 6.61 Å². The molecule has 0 aliphatic heterocycles. The van der Waals surface area contributed by atoms with E-state index < -0.39 is 5.82 Å². The summed E-state index contributed by atoms with van der Waals surface area (Å²) < 4.78 is 18.2. The Hall–Kier alpha value is -2.17. The first-order chi connectivity index (χ1) is 8.16. The van der Waals surface area contributed by atoms with Gasteiger partial charge in [-0.05, 0) is 18.1 Å². The molecule has 5 heteroatoms. The molecule has 1 heterocycles. The predicted octanol–water partition coefficient (Wildman–Crippen LogP) is 2.09. The van der Waals surface area contributed by atoms with Crippen molar-refractivity contribution in [2.24, 2.45) is 0 Å². The SMILES string of the molecule is Cc1ccccc1COc1ncc(F)c(N)n1. The molecule has 0 aliphatic carbocycles. The number of halogens is 1. The summed E-state index contributed by atoms with van der Waals surface area (Å²) >= 11 is 0. The highest BCUT2D eigenvalue weighted by Crippen LogP contribution is 2.13. The number of anilines is 1. The van der Waals surface area contributed by atoms with Gasteiger partial charge in [-0.1, -0.05) is 24.3 Å². The molecule has 1 aromatic heterocycles. The number of rotatable bonds is 3. The zero-order chi connectivity index (χ0) is 12.3. The molecule has 0 atom stereocenters. The molecule has 2 rings (SSSR count). The number of aryl methyl sites for hydroxylation is 1. The van der Waals surface area contributed by atoms with Gasteiger partial charge in [0.05, 0.1) is 6.20 Å². The monoisotopic (exact) mass is 233 g/mol. The van der Waals surface area contributed by atoms with Gasteiger partial charge in [-0.2, -0.15) is 4.98 Å². The van der Waals surface area contributed by atoms with E-state index in [1.165, 1.54) is 0 Å². The predicted molar refractivity (Wildman–Crippen MR) is 61.9 cm³/mol. The molecular formula is C12H12FN3O. The second-order valence-electron chi connectivity index (χ2n) is 3.60. The van der Waals surface area contributed by atoms with Crippen molar-refractivity contribution in [2.75, 3.05) is 5.73 Å². The van der Waals surface area contributed by atoms with Crippen molar-refractivity contribution in [1.82, 2.24) is 9.97 Å². The minimum Gasteiger partial charge on any atom is -0.459 e. The third-order valence-corrected chi connectivity index (χ3v) is 2.37. The number of nitrogen functional groups attached to an aromatic ring is 1. The van der Waals surface area contributed by atoms with E-state index in [1.807, 2.05) is 31.2 Å². The van der Waals surface area contributed by atoms with Crippen LogP contribution in [0, 0.1) is 12.7 Å². The van der Waals surface area contributed by atoms with E-state index >= 15 is 0 Å². The molecule has 0 saturated heterocycles. The zero-order valence-corrected chi connectivity index (χ0v) is 9.35. The molecule has 17 heavy (non-hydrogen) atoms. The number of hydrogen-bond acceptors (Lipinski definition) is 4. The Balaban J connectivity index is 2.08. The second kappa shape index (κ2) is 4.78. The molecule has 0 saturated carbocycles. The van der Waals surface area contributed by atoms with E-state index in [9.17, 15) is 4.39 Å². The Bertz CT molecular complexity index is 531. The van der Waals surface area contributed by atoms with E-state index in [4.69, 9.17) is 10.5 Å². The van der Waals surface area contributed by atoms with Crippen LogP contribution in [0.15, 0.2) is 30.5 Å². The van der Waals surface area contributed by atoms with Crippen LogP contribution >= 0.6 is 0 Å². The van der Waals surface area contributed by atoms with Crippen LogP contribution in [0.3, 0.4) is 0 Å². The molecule has 0 aliphatic rings. The summed E-state index contributed by atoms with van der Waals surface area (Å²) in [6, 6.07) is 7.88. The van der Waals surface area contributed by atoms with Gasteiger partial charge >= 0.3 is 6.01 Å². The van der Waals surface area contributed by atoms with Crippen molar-refractivity contribution in [3.63, 3.8) is 0 Å². The molecule has 88 valence electrons. The molecule has 1 aromatic carbocycles. The van der Waals surface area contributed by atoms with Crippen LogP contribution < -0.4 is 10.5 Å². The van der Waals surface area contributed by atoms with E-state index in [-0.39, 0.29) is 11.8 Å². The van der Waals surface area contributed by atoms with E-state index in [2.05, 4.69) is 9.97 Å². The second-order valence-corrected chi connectivity index (χ2v) is 3.60. The van der Waals surface area contributed by atoms with Gasteiger partial charge in [0.15, 0.2) is 11.6 Å². The van der Waals surface area contributed by atoms with Crippen LogP contribution in [0.4, 0.5) is 10.2 Å². The quantitative estimate of drug-likeness (QED) is 0.881. The van der Waals surface area contributed by atoms with Crippen LogP contribution in [-0.4, -0.2) is 9.97 Å². The minimum atomic E-state index is -0.645. The summed E-state index contributed by atoms with van der Waals surface area (Å²) in [7, 11) is 0. The fraction of sp³-hybridized carbons (Fsp3) is 0.167. The molecule has 2 N–H and O–H groups in total. The topological polar surface area (TPSA) is 61.0 Å². The molecule has 0 bridgehead atoms. The van der Waals surface area contributed by atoms with Gasteiger partial charge in [0.25, 0.3) is 0 Å². The molecule has 2 aromatic rings. The lowest BCUT2D eigenvalue weighted by Crippen LogP contribution is -2.04. The Morgan fingerprint density at radius 2 is 2.12 bits per heavy atom. The first-order valence-electron chi connectivity index (χ1n) is 5.12. The molecule has 0 radical (unpaired) electrons. The Morgan fingerprint density at radius 3 is 2.82 bits per heavy atom. The average Bonchev–Trinajstić information content (AvgIpc) is 2.32. The van der Waals surface area contributed by atoms with E-state index in [0.29, 0.717) is 6.61 Å². The molecule has 0 spiro atoms. The number of ether oxygens (including phenoxy) is 1. The fourth-order valence-electron chi connectivity index (χ4n) is 1.35. The summed E-state index contributed by atoms with van der Waals surface area (Å²) in [4.78, 5) is 7.38. The first-order valence-corrected chi connectivity index (χ1v) is 5.12. The van der Waals surface area contributed by atoms with Gasteiger partial charge in [0, 0.05) is 0 Å². The van der Waals surface area contributed by atoms with Crippen LogP contribution in [0.5, 0.6) is 6.01 Å². The smallest absolute Gasteiger partial charge is 0.318 e. The van der Waals surface area contributed by atoms with Gasteiger partial charge in [-0.3, -0.25) is 0 Å². The van der Waals surface area contributed by atoms with Crippen molar-refractivity contribution in [3.05, 3.63) is 47.4 Å². The highest BCUT2D eigenvalue weighted by Gasteiger charge is 2.05. The molecule has 4 nitrogen and oxygen atoms in total. The normalized spacial score (nSPS) is 10.2. The summed E-state index contributed by atoms with van der Waals surface area (Å²) in [6.45, 7) is 2.32. The first kappa shape index (κ1) is 11.3. The van der Waals surface area contributed by atoms with Gasteiger partial charge in [-0.25, -0.2) is 9.37 Å². The van der Waals surface area contributed by atoms with Crippen molar-refractivity contribution in [1.29, 1.82) is 0 Å². The highest BCUT2D eigenvalue weighted by molar-refractivity contribution is 5.29. The maximum absolute atomic E-state index is 12.8. The van der Waals surface area contributed by atoms with Crippen LogP contribution in [0.1, 0.15) is 11.1 Å². The van der Waals surface area contributed by atoms with Crippen LogP contribution in [0.25, 0.3) is 0 Å². The van der Waals surface area contributed by atoms with Crippen molar-refractivity contribution in [3.8, 4) is 6.01 Å².